The van der Waals surface area contributed by atoms with Crippen molar-refractivity contribution in [1.82, 2.24) is 15.1 Å². The van der Waals surface area contributed by atoms with Gasteiger partial charge >= 0.3 is 0 Å². The van der Waals surface area contributed by atoms with Crippen LogP contribution in [0.1, 0.15) is 30.8 Å². The van der Waals surface area contributed by atoms with E-state index in [4.69, 9.17) is 5.26 Å². The van der Waals surface area contributed by atoms with E-state index in [9.17, 15) is 0 Å². The van der Waals surface area contributed by atoms with Gasteiger partial charge in [-0.05, 0) is 40.2 Å². The smallest absolute Gasteiger partial charge is 0.115 e. The molecule has 0 saturated heterocycles. The van der Waals surface area contributed by atoms with Crippen molar-refractivity contribution >= 4 is 0 Å². The molecule has 4 heteroatoms. The van der Waals surface area contributed by atoms with Gasteiger partial charge in [-0.15, -0.1) is 0 Å². The fourth-order valence-electron chi connectivity index (χ4n) is 1.67. The lowest BCUT2D eigenvalue weighted by Gasteiger charge is -2.15. The Balaban J connectivity index is 2.79. The van der Waals surface area contributed by atoms with Crippen molar-refractivity contribution in [1.29, 1.82) is 5.26 Å². The zero-order chi connectivity index (χ0) is 12.3. The molecule has 1 unspecified atom stereocenters. The molecule has 0 spiro atoms. The van der Waals surface area contributed by atoms with Crippen molar-refractivity contribution in [3.63, 3.8) is 0 Å². The summed E-state index contributed by atoms with van der Waals surface area (Å²) in [5, 5.41) is 16.7. The van der Waals surface area contributed by atoms with Crippen LogP contribution in [0.2, 0.25) is 0 Å². The lowest BCUT2D eigenvalue weighted by Crippen LogP contribution is -2.37. The minimum absolute atomic E-state index is 0.183. The Labute approximate surface area is 97.3 Å². The first-order valence-electron chi connectivity index (χ1n) is 5.62. The van der Waals surface area contributed by atoms with Crippen LogP contribution in [-0.2, 0) is 6.54 Å². The number of nitriles is 1. The summed E-state index contributed by atoms with van der Waals surface area (Å²) in [6.45, 7) is 10.8. The molecule has 1 N–H and O–H groups in total. The number of nitrogens with zero attached hydrogens (tertiary/aromatic N) is 3. The molecular formula is C12H20N4. The third-order valence-corrected chi connectivity index (χ3v) is 2.79. The van der Waals surface area contributed by atoms with Crippen molar-refractivity contribution in [2.24, 2.45) is 0 Å². The number of nitrogens with one attached hydrogen (secondary N) is 1. The quantitative estimate of drug-likeness (QED) is 0.840. The summed E-state index contributed by atoms with van der Waals surface area (Å²) in [7, 11) is 0. The van der Waals surface area contributed by atoms with Gasteiger partial charge in [-0.1, -0.05) is 0 Å². The maximum absolute atomic E-state index is 9.05. The average molecular weight is 220 g/mol. The molecule has 0 aliphatic carbocycles. The first-order valence-corrected chi connectivity index (χ1v) is 5.62. The molecule has 1 aromatic heterocycles. The summed E-state index contributed by atoms with van der Waals surface area (Å²) in [6, 6.07) is 2.39. The monoisotopic (exact) mass is 220 g/mol. The predicted molar refractivity (Wildman–Crippen MR) is 64.1 cm³/mol. The van der Waals surface area contributed by atoms with E-state index in [0.29, 0.717) is 12.6 Å². The van der Waals surface area contributed by atoms with E-state index in [1.165, 1.54) is 5.56 Å². The van der Waals surface area contributed by atoms with Crippen LogP contribution in [0.4, 0.5) is 0 Å². The first-order chi connectivity index (χ1) is 7.45. The third kappa shape index (κ3) is 2.83. The van der Waals surface area contributed by atoms with Crippen molar-refractivity contribution in [3.05, 3.63) is 17.0 Å². The molecule has 0 aliphatic heterocycles. The Kier molecular flexibility index (Phi) is 4.08. The van der Waals surface area contributed by atoms with Crippen LogP contribution in [0.15, 0.2) is 0 Å². The zero-order valence-electron chi connectivity index (χ0n) is 10.7. The molecule has 0 saturated carbocycles. The number of aryl methyl sites for hydroxylation is 1. The Hall–Kier alpha value is -1.34. The highest BCUT2D eigenvalue weighted by atomic mass is 15.3. The summed E-state index contributed by atoms with van der Waals surface area (Å²) in [4.78, 5) is 0. The van der Waals surface area contributed by atoms with Gasteiger partial charge in [0.25, 0.3) is 0 Å². The van der Waals surface area contributed by atoms with Gasteiger partial charge in [-0.25, -0.2) is 0 Å². The molecule has 1 atom stereocenters. The van der Waals surface area contributed by atoms with Crippen molar-refractivity contribution in [2.45, 2.75) is 53.2 Å². The van der Waals surface area contributed by atoms with E-state index in [-0.39, 0.29) is 6.04 Å². The topological polar surface area (TPSA) is 53.6 Å². The highest BCUT2D eigenvalue weighted by Gasteiger charge is 2.13. The molecule has 0 fully saturated rings. The van der Waals surface area contributed by atoms with Crippen molar-refractivity contribution < 1.29 is 0 Å². The fraction of sp³-hybridized carbons (Fsp3) is 0.667. The Morgan fingerprint density at radius 2 is 2.00 bits per heavy atom. The molecule has 1 heterocycles. The van der Waals surface area contributed by atoms with Crippen LogP contribution in [0.25, 0.3) is 0 Å². The molecule has 0 aliphatic rings. The van der Waals surface area contributed by atoms with E-state index in [0.717, 1.165) is 11.4 Å². The molecule has 0 aromatic carbocycles. The average Bonchev–Trinajstić information content (AvgIpc) is 2.45. The number of hydrogen-bond acceptors (Lipinski definition) is 3. The Morgan fingerprint density at radius 1 is 1.38 bits per heavy atom. The van der Waals surface area contributed by atoms with Crippen LogP contribution in [0, 0.1) is 32.1 Å². The van der Waals surface area contributed by atoms with E-state index in [1.807, 2.05) is 32.4 Å². The maximum atomic E-state index is 9.05. The number of hydrogen-bond donors (Lipinski definition) is 1. The fourth-order valence-corrected chi connectivity index (χ4v) is 1.67. The SMILES string of the molecule is Cc1nn(CC(C#N)NC(C)C)c(C)c1C. The molecule has 1 aromatic rings. The summed E-state index contributed by atoms with van der Waals surface area (Å²) in [5.74, 6) is 0. The number of rotatable bonds is 4. The van der Waals surface area contributed by atoms with Gasteiger partial charge in [-0.3, -0.25) is 10.00 Å². The van der Waals surface area contributed by atoms with Gasteiger partial charge in [0, 0.05) is 11.7 Å². The minimum atomic E-state index is -0.183. The molecule has 16 heavy (non-hydrogen) atoms. The van der Waals surface area contributed by atoms with Crippen molar-refractivity contribution in [2.75, 3.05) is 0 Å². The lowest BCUT2D eigenvalue weighted by molar-refractivity contribution is 0.450. The van der Waals surface area contributed by atoms with Crippen LogP contribution >= 0.6 is 0 Å². The second kappa shape index (κ2) is 5.13. The standard InChI is InChI=1S/C12H20N4/c1-8(2)14-12(6-13)7-16-11(5)9(3)10(4)15-16/h8,12,14H,7H2,1-5H3. The van der Waals surface area contributed by atoms with Gasteiger partial charge in [0.15, 0.2) is 0 Å². The van der Waals surface area contributed by atoms with Gasteiger partial charge in [0.1, 0.15) is 6.04 Å². The van der Waals surface area contributed by atoms with Gasteiger partial charge in [0.05, 0.1) is 18.3 Å². The van der Waals surface area contributed by atoms with Crippen molar-refractivity contribution in [3.8, 4) is 6.07 Å². The first kappa shape index (κ1) is 12.7. The summed E-state index contributed by atoms with van der Waals surface area (Å²) < 4.78 is 1.91. The molecule has 0 radical (unpaired) electrons. The van der Waals surface area contributed by atoms with Gasteiger partial charge < -0.3 is 0 Å². The second-order valence-corrected chi connectivity index (χ2v) is 4.48. The zero-order valence-corrected chi connectivity index (χ0v) is 10.7. The van der Waals surface area contributed by atoms with Crippen LogP contribution in [0.3, 0.4) is 0 Å². The van der Waals surface area contributed by atoms with Crippen LogP contribution < -0.4 is 5.32 Å². The van der Waals surface area contributed by atoms with E-state index >= 15 is 0 Å². The largest absolute Gasteiger partial charge is 0.298 e. The lowest BCUT2D eigenvalue weighted by atomic mass is 10.2. The third-order valence-electron chi connectivity index (χ3n) is 2.79. The molecule has 0 bridgehead atoms. The van der Waals surface area contributed by atoms with E-state index < -0.39 is 0 Å². The van der Waals surface area contributed by atoms with Crippen LogP contribution in [0.5, 0.6) is 0 Å². The van der Waals surface area contributed by atoms with Crippen LogP contribution in [-0.4, -0.2) is 21.9 Å². The normalized spacial score (nSPS) is 12.8. The maximum Gasteiger partial charge on any atom is 0.115 e. The molecule has 1 rings (SSSR count). The highest BCUT2D eigenvalue weighted by molar-refractivity contribution is 5.22. The highest BCUT2D eigenvalue weighted by Crippen LogP contribution is 2.11. The number of aromatic nitrogens is 2. The summed E-state index contributed by atoms with van der Waals surface area (Å²) >= 11 is 0. The summed E-state index contributed by atoms with van der Waals surface area (Å²) in [5.41, 5.74) is 3.39. The van der Waals surface area contributed by atoms with E-state index in [2.05, 4.69) is 23.4 Å². The second-order valence-electron chi connectivity index (χ2n) is 4.48. The summed E-state index contributed by atoms with van der Waals surface area (Å²) in [6.07, 6.45) is 0. The van der Waals surface area contributed by atoms with Gasteiger partial charge in [0.2, 0.25) is 0 Å². The predicted octanol–water partition coefficient (Wildman–Crippen LogP) is 1.70. The van der Waals surface area contributed by atoms with Gasteiger partial charge in [-0.2, -0.15) is 10.4 Å². The molecule has 88 valence electrons. The van der Waals surface area contributed by atoms with E-state index in [1.54, 1.807) is 0 Å². The molecular weight excluding hydrogens is 200 g/mol. The molecule has 0 amide bonds. The Bertz CT molecular complexity index is 398. The molecule has 4 nitrogen and oxygen atoms in total. The Morgan fingerprint density at radius 3 is 2.38 bits per heavy atom. The minimum Gasteiger partial charge on any atom is -0.298 e.